The number of esters is 2. The molecule has 1 heterocycles. The lowest BCUT2D eigenvalue weighted by Crippen LogP contribution is -2.39. The zero-order valence-electron chi connectivity index (χ0n) is 19.6. The highest BCUT2D eigenvalue weighted by atomic mass is 35.5. The fourth-order valence-electron chi connectivity index (χ4n) is 3.80. The molecule has 0 amide bonds. The molecular formula is C23H29ClN2O8. The summed E-state index contributed by atoms with van der Waals surface area (Å²) >= 11 is 5.68. The van der Waals surface area contributed by atoms with Crippen LogP contribution in [0.4, 0.5) is 5.69 Å². The molecule has 0 radical (unpaired) electrons. The number of aliphatic imine (C=N–C) groups is 1. The van der Waals surface area contributed by atoms with Crippen LogP contribution in [-0.4, -0.2) is 61.2 Å². The van der Waals surface area contributed by atoms with Crippen molar-refractivity contribution < 1.29 is 33.5 Å². The summed E-state index contributed by atoms with van der Waals surface area (Å²) in [5.74, 6) is -3.68. The summed E-state index contributed by atoms with van der Waals surface area (Å²) in [6.07, 6.45) is -1.05. The van der Waals surface area contributed by atoms with Crippen LogP contribution in [0.1, 0.15) is 39.2 Å². The Kier molecular flexibility index (Phi) is 10.6. The Morgan fingerprint density at radius 2 is 1.76 bits per heavy atom. The highest BCUT2D eigenvalue weighted by Crippen LogP contribution is 2.44. The van der Waals surface area contributed by atoms with E-state index in [1.807, 2.05) is 0 Å². The number of hydrogen-bond donors (Lipinski definition) is 0. The molecule has 1 aliphatic heterocycles. The van der Waals surface area contributed by atoms with Crippen molar-refractivity contribution in [2.75, 3.05) is 32.3 Å². The average molecular weight is 497 g/mol. The average Bonchev–Trinajstić information content (AvgIpc) is 2.81. The molecule has 0 aliphatic carbocycles. The lowest BCUT2D eigenvalue weighted by Gasteiger charge is -2.33. The number of benzene rings is 1. The molecule has 0 aromatic heterocycles. The highest BCUT2D eigenvalue weighted by Gasteiger charge is 2.47. The molecule has 11 heteroatoms. The highest BCUT2D eigenvalue weighted by molar-refractivity contribution is 6.18. The molecule has 0 spiro atoms. The number of nitrogens with zero attached hydrogens (tertiary/aromatic N) is 2. The van der Waals surface area contributed by atoms with Gasteiger partial charge in [0.1, 0.15) is 18.2 Å². The van der Waals surface area contributed by atoms with Gasteiger partial charge in [-0.3, -0.25) is 19.9 Å². The number of nitro groups is 1. The number of alkyl halides is 1. The van der Waals surface area contributed by atoms with Gasteiger partial charge in [-0.15, -0.1) is 11.6 Å². The molecule has 1 aliphatic rings. The van der Waals surface area contributed by atoms with Crippen LogP contribution in [-0.2, 0) is 28.5 Å². The van der Waals surface area contributed by atoms with Crippen LogP contribution < -0.4 is 0 Å². The number of carbonyl (C=O) groups excluding carboxylic acids is 2. The number of rotatable bonds is 12. The molecule has 0 saturated carbocycles. The van der Waals surface area contributed by atoms with Crippen LogP contribution in [0, 0.1) is 16.0 Å². The van der Waals surface area contributed by atoms with E-state index in [0.717, 1.165) is 0 Å². The maximum Gasteiger partial charge on any atom is 0.336 e. The molecule has 0 saturated heterocycles. The number of hydrogen-bond acceptors (Lipinski definition) is 9. The summed E-state index contributed by atoms with van der Waals surface area (Å²) in [4.78, 5) is 42.2. The molecule has 10 nitrogen and oxygen atoms in total. The van der Waals surface area contributed by atoms with Crippen LogP contribution in [0.25, 0.3) is 0 Å². The van der Waals surface area contributed by atoms with Gasteiger partial charge in [0.25, 0.3) is 5.69 Å². The predicted octanol–water partition coefficient (Wildman–Crippen LogP) is 3.77. The van der Waals surface area contributed by atoms with Crippen molar-refractivity contribution in [1.29, 1.82) is 0 Å². The largest absolute Gasteiger partial charge is 0.464 e. The molecule has 0 N–H and O–H groups in total. The predicted molar refractivity (Wildman–Crippen MR) is 125 cm³/mol. The molecule has 1 aromatic rings. The lowest BCUT2D eigenvalue weighted by atomic mass is 9.75. The number of halogens is 1. The second-order valence-electron chi connectivity index (χ2n) is 7.14. The molecular weight excluding hydrogens is 468 g/mol. The fourth-order valence-corrected chi connectivity index (χ4v) is 3.88. The van der Waals surface area contributed by atoms with E-state index < -0.39 is 35.0 Å². The fraction of sp³-hybridized carbons (Fsp3) is 0.522. The summed E-state index contributed by atoms with van der Waals surface area (Å²) in [6.45, 7) is 7.18. The Labute approximate surface area is 203 Å². The Morgan fingerprint density at radius 1 is 1.12 bits per heavy atom. The lowest BCUT2D eigenvalue weighted by molar-refractivity contribution is -0.385. The smallest absolute Gasteiger partial charge is 0.336 e. The normalized spacial score (nSPS) is 18.0. The molecule has 2 atom stereocenters. The summed E-state index contributed by atoms with van der Waals surface area (Å²) in [6, 6.07) is 5.90. The van der Waals surface area contributed by atoms with Gasteiger partial charge in [0.15, 0.2) is 0 Å². The third-order valence-corrected chi connectivity index (χ3v) is 5.22. The van der Waals surface area contributed by atoms with E-state index in [-0.39, 0.29) is 60.5 Å². The molecule has 1 aromatic carbocycles. The van der Waals surface area contributed by atoms with Gasteiger partial charge in [-0.25, -0.2) is 4.79 Å². The van der Waals surface area contributed by atoms with Gasteiger partial charge in [-0.05, 0) is 27.7 Å². The third-order valence-electron chi connectivity index (χ3n) is 5.07. The van der Waals surface area contributed by atoms with Crippen molar-refractivity contribution in [3.05, 3.63) is 51.2 Å². The molecule has 34 heavy (non-hydrogen) atoms. The van der Waals surface area contributed by atoms with Gasteiger partial charge in [-0.2, -0.15) is 0 Å². The third kappa shape index (κ3) is 6.19. The van der Waals surface area contributed by atoms with E-state index in [2.05, 4.69) is 4.99 Å². The first-order chi connectivity index (χ1) is 16.3. The van der Waals surface area contributed by atoms with E-state index >= 15 is 0 Å². The number of nitro benzene ring substituents is 1. The molecule has 2 unspecified atom stereocenters. The minimum atomic E-state index is -1.13. The number of ether oxygens (including phenoxy) is 4. The van der Waals surface area contributed by atoms with Gasteiger partial charge in [0.2, 0.25) is 6.29 Å². The first kappa shape index (κ1) is 27.4. The van der Waals surface area contributed by atoms with E-state index in [1.54, 1.807) is 33.8 Å². The van der Waals surface area contributed by atoms with Crippen LogP contribution in [0.3, 0.4) is 0 Å². The van der Waals surface area contributed by atoms with Gasteiger partial charge < -0.3 is 18.9 Å². The molecule has 0 bridgehead atoms. The van der Waals surface area contributed by atoms with Crippen molar-refractivity contribution in [1.82, 2.24) is 0 Å². The number of carbonyl (C=O) groups is 2. The summed E-state index contributed by atoms with van der Waals surface area (Å²) in [5, 5.41) is 11.9. The van der Waals surface area contributed by atoms with Crippen molar-refractivity contribution in [3.8, 4) is 0 Å². The Morgan fingerprint density at radius 3 is 2.32 bits per heavy atom. The first-order valence-corrected chi connectivity index (χ1v) is 11.5. The van der Waals surface area contributed by atoms with Crippen LogP contribution in [0.5, 0.6) is 0 Å². The monoisotopic (exact) mass is 496 g/mol. The molecule has 2 rings (SSSR count). The van der Waals surface area contributed by atoms with Gasteiger partial charge in [-0.1, -0.05) is 18.2 Å². The minimum absolute atomic E-state index is 0.0389. The second-order valence-corrected chi connectivity index (χ2v) is 7.52. The van der Waals surface area contributed by atoms with E-state index in [9.17, 15) is 19.7 Å². The Hall–Kier alpha value is -2.82. The first-order valence-electron chi connectivity index (χ1n) is 11.0. The van der Waals surface area contributed by atoms with E-state index in [0.29, 0.717) is 0 Å². The summed E-state index contributed by atoms with van der Waals surface area (Å²) in [5.41, 5.74) is 0.214. The standard InChI is InChI=1S/C23H29ClN2O8/c1-5-31-22(28)19-18(15-10-8-9-11-16(15)26(29)30)17(21(27)34-13-12-24)14(4)25-20(19)23(32-6-2)33-7-3/h8-11,17-18,23H,5-7,12-13H2,1-4H3. The topological polar surface area (TPSA) is 127 Å². The van der Waals surface area contributed by atoms with E-state index in [4.69, 9.17) is 30.5 Å². The van der Waals surface area contributed by atoms with Crippen molar-refractivity contribution >= 4 is 34.9 Å². The summed E-state index contributed by atoms with van der Waals surface area (Å²) in [7, 11) is 0. The maximum absolute atomic E-state index is 13.3. The zero-order chi connectivity index (χ0) is 25.3. The van der Waals surface area contributed by atoms with Gasteiger partial charge in [0, 0.05) is 36.5 Å². The van der Waals surface area contributed by atoms with Crippen molar-refractivity contribution in [3.63, 3.8) is 0 Å². The maximum atomic E-state index is 13.3. The van der Waals surface area contributed by atoms with Crippen molar-refractivity contribution in [2.45, 2.75) is 39.9 Å². The van der Waals surface area contributed by atoms with Crippen molar-refractivity contribution in [2.24, 2.45) is 10.9 Å². The zero-order valence-corrected chi connectivity index (χ0v) is 20.4. The van der Waals surface area contributed by atoms with Crippen LogP contribution in [0.15, 0.2) is 40.5 Å². The number of para-hydroxylation sites is 1. The van der Waals surface area contributed by atoms with Gasteiger partial charge >= 0.3 is 11.9 Å². The SMILES string of the molecule is CCOC(=O)C1=C(C(OCC)OCC)N=C(C)C(C(=O)OCCCl)C1c1ccccc1[N+](=O)[O-]. The Bertz CT molecular complexity index is 956. The summed E-state index contributed by atoms with van der Waals surface area (Å²) < 4.78 is 21.9. The van der Waals surface area contributed by atoms with Gasteiger partial charge in [0.05, 0.1) is 23.0 Å². The Balaban J connectivity index is 2.87. The second kappa shape index (κ2) is 13.2. The minimum Gasteiger partial charge on any atom is -0.464 e. The van der Waals surface area contributed by atoms with E-state index in [1.165, 1.54) is 18.2 Å². The quantitative estimate of drug-likeness (QED) is 0.141. The molecule has 186 valence electrons. The van der Waals surface area contributed by atoms with Crippen LogP contribution in [0.2, 0.25) is 0 Å². The van der Waals surface area contributed by atoms with Crippen LogP contribution >= 0.6 is 11.6 Å². The molecule has 0 fully saturated rings.